The Kier molecular flexibility index (Phi) is 6.33. The van der Waals surface area contributed by atoms with Gasteiger partial charge in [-0.05, 0) is 32.0 Å². The van der Waals surface area contributed by atoms with Crippen molar-refractivity contribution in [3.8, 4) is 5.75 Å². The summed E-state index contributed by atoms with van der Waals surface area (Å²) < 4.78 is 16.9. The first-order chi connectivity index (χ1) is 10.8. The van der Waals surface area contributed by atoms with E-state index in [4.69, 9.17) is 13.6 Å². The number of rotatable bonds is 7. The molecule has 4 nitrogen and oxygen atoms in total. The summed E-state index contributed by atoms with van der Waals surface area (Å²) in [7, 11) is -2.10. The smallest absolute Gasteiger partial charge is 0.356 e. The molecule has 0 heterocycles. The lowest BCUT2D eigenvalue weighted by Crippen LogP contribution is -2.41. The summed E-state index contributed by atoms with van der Waals surface area (Å²) in [6.45, 7) is 4.95. The van der Waals surface area contributed by atoms with Gasteiger partial charge in [-0.2, -0.15) is 0 Å². The number of carbonyl (C=O) groups excluding carboxylic acids is 1. The van der Waals surface area contributed by atoms with E-state index in [0.717, 1.165) is 5.19 Å². The van der Waals surface area contributed by atoms with E-state index >= 15 is 0 Å². The fourth-order valence-corrected chi connectivity index (χ4v) is 3.87. The Morgan fingerprint density at radius 1 is 0.909 bits per heavy atom. The summed E-state index contributed by atoms with van der Waals surface area (Å²) in [5.41, 5.74) is 0.505. The van der Waals surface area contributed by atoms with Crippen LogP contribution < -0.4 is 9.92 Å². The lowest BCUT2D eigenvalue weighted by Gasteiger charge is -2.17. The Morgan fingerprint density at radius 3 is 2.14 bits per heavy atom. The standard InChI is InChI=1S/C17H20O4Si/c1-3-19-22(20-4-2)16-13-9-8-12-15(16)17(18)21-14-10-6-5-7-11-14/h5-13,22H,3-4H2,1-2H3. The van der Waals surface area contributed by atoms with E-state index < -0.39 is 15.3 Å². The molecule has 2 aromatic carbocycles. The molecule has 5 heteroatoms. The van der Waals surface area contributed by atoms with E-state index in [2.05, 4.69) is 0 Å². The van der Waals surface area contributed by atoms with Crippen molar-refractivity contribution < 1.29 is 18.4 Å². The molecule has 0 amide bonds. The highest BCUT2D eigenvalue weighted by Gasteiger charge is 2.23. The number of hydrogen-bond acceptors (Lipinski definition) is 4. The fourth-order valence-electron chi connectivity index (χ4n) is 2.07. The number of esters is 1. The van der Waals surface area contributed by atoms with Crippen LogP contribution in [0.2, 0.25) is 0 Å². The van der Waals surface area contributed by atoms with E-state index in [9.17, 15) is 4.79 Å². The van der Waals surface area contributed by atoms with Crippen molar-refractivity contribution in [2.24, 2.45) is 0 Å². The van der Waals surface area contributed by atoms with Gasteiger partial charge in [0.1, 0.15) is 5.75 Å². The zero-order valence-electron chi connectivity index (χ0n) is 12.8. The number of ether oxygens (including phenoxy) is 1. The first-order valence-corrected chi connectivity index (χ1v) is 8.87. The van der Waals surface area contributed by atoms with Gasteiger partial charge in [0.25, 0.3) is 0 Å². The second-order valence-electron chi connectivity index (χ2n) is 4.53. The van der Waals surface area contributed by atoms with Gasteiger partial charge in [0.15, 0.2) is 0 Å². The second-order valence-corrected chi connectivity index (χ2v) is 6.48. The normalized spacial score (nSPS) is 10.7. The minimum atomic E-state index is -2.10. The number of benzene rings is 2. The SMILES string of the molecule is CCO[SiH](OCC)c1ccccc1C(=O)Oc1ccccc1. The van der Waals surface area contributed by atoms with Crippen LogP contribution >= 0.6 is 0 Å². The molecule has 0 saturated carbocycles. The topological polar surface area (TPSA) is 44.8 Å². The van der Waals surface area contributed by atoms with Gasteiger partial charge in [0.2, 0.25) is 0 Å². The Hall–Kier alpha value is -1.95. The summed E-state index contributed by atoms with van der Waals surface area (Å²) in [6.07, 6.45) is 0. The molecular formula is C17H20O4Si. The Morgan fingerprint density at radius 2 is 1.50 bits per heavy atom. The van der Waals surface area contributed by atoms with E-state index in [1.807, 2.05) is 50.2 Å². The first kappa shape index (κ1) is 16.4. The van der Waals surface area contributed by atoms with Crippen LogP contribution in [0.4, 0.5) is 0 Å². The van der Waals surface area contributed by atoms with Crippen LogP contribution in [-0.4, -0.2) is 28.5 Å². The van der Waals surface area contributed by atoms with Crippen molar-refractivity contribution in [3.05, 3.63) is 60.2 Å². The highest BCUT2D eigenvalue weighted by atomic mass is 28.3. The first-order valence-electron chi connectivity index (χ1n) is 7.35. The summed E-state index contributed by atoms with van der Waals surface area (Å²) >= 11 is 0. The van der Waals surface area contributed by atoms with Crippen molar-refractivity contribution in [2.75, 3.05) is 13.2 Å². The molecule has 0 spiro atoms. The van der Waals surface area contributed by atoms with Gasteiger partial charge in [-0.15, -0.1) is 0 Å². The zero-order chi connectivity index (χ0) is 15.8. The lowest BCUT2D eigenvalue weighted by atomic mass is 10.2. The highest BCUT2D eigenvalue weighted by Crippen LogP contribution is 2.11. The van der Waals surface area contributed by atoms with Gasteiger partial charge in [0.05, 0.1) is 5.56 Å². The third kappa shape index (κ3) is 4.27. The van der Waals surface area contributed by atoms with Gasteiger partial charge in [-0.25, -0.2) is 4.79 Å². The zero-order valence-corrected chi connectivity index (χ0v) is 14.0. The summed E-state index contributed by atoms with van der Waals surface area (Å²) in [5.74, 6) is 0.132. The maximum absolute atomic E-state index is 12.4. The molecule has 0 saturated heterocycles. The van der Waals surface area contributed by atoms with Gasteiger partial charge in [-0.3, -0.25) is 0 Å². The van der Waals surface area contributed by atoms with Gasteiger partial charge in [-0.1, -0.05) is 36.4 Å². The molecule has 2 aromatic rings. The van der Waals surface area contributed by atoms with Gasteiger partial charge in [0, 0.05) is 18.4 Å². The highest BCUT2D eigenvalue weighted by molar-refractivity contribution is 6.62. The third-order valence-electron chi connectivity index (χ3n) is 3.02. The summed E-state index contributed by atoms with van der Waals surface area (Å²) in [5, 5.41) is 0.812. The fraction of sp³-hybridized carbons (Fsp3) is 0.235. The molecule has 2 rings (SSSR count). The van der Waals surface area contributed by atoms with Crippen LogP contribution in [0.3, 0.4) is 0 Å². The average Bonchev–Trinajstić information content (AvgIpc) is 2.55. The predicted octanol–water partition coefficient (Wildman–Crippen LogP) is 2.41. The van der Waals surface area contributed by atoms with Crippen LogP contribution in [0.15, 0.2) is 54.6 Å². The van der Waals surface area contributed by atoms with Crippen LogP contribution in [0.1, 0.15) is 24.2 Å². The summed E-state index contributed by atoms with van der Waals surface area (Å²) in [4.78, 5) is 12.4. The average molecular weight is 316 g/mol. The monoisotopic (exact) mass is 316 g/mol. The molecule has 0 unspecified atom stereocenters. The molecule has 0 atom stereocenters. The van der Waals surface area contributed by atoms with E-state index in [1.54, 1.807) is 18.2 Å². The maximum Gasteiger partial charge on any atom is 0.356 e. The van der Waals surface area contributed by atoms with Crippen LogP contribution in [0.25, 0.3) is 0 Å². The van der Waals surface area contributed by atoms with Crippen molar-refractivity contribution >= 4 is 20.4 Å². The number of para-hydroxylation sites is 1. The summed E-state index contributed by atoms with van der Waals surface area (Å²) in [6, 6.07) is 16.3. The lowest BCUT2D eigenvalue weighted by molar-refractivity contribution is 0.0735. The van der Waals surface area contributed by atoms with E-state index in [1.165, 1.54) is 0 Å². The molecule has 0 aromatic heterocycles. The van der Waals surface area contributed by atoms with Crippen molar-refractivity contribution in [2.45, 2.75) is 13.8 Å². The molecule has 0 aliphatic rings. The minimum Gasteiger partial charge on any atom is -0.423 e. The Bertz CT molecular complexity index is 595. The maximum atomic E-state index is 12.4. The van der Waals surface area contributed by atoms with Crippen molar-refractivity contribution in [1.82, 2.24) is 0 Å². The second kappa shape index (κ2) is 8.48. The molecule has 0 radical (unpaired) electrons. The molecule has 0 bridgehead atoms. The molecule has 116 valence electrons. The van der Waals surface area contributed by atoms with Crippen LogP contribution in [0.5, 0.6) is 5.75 Å². The third-order valence-corrected chi connectivity index (χ3v) is 5.31. The Labute approximate surface area is 132 Å². The predicted molar refractivity (Wildman–Crippen MR) is 87.9 cm³/mol. The van der Waals surface area contributed by atoms with Crippen LogP contribution in [-0.2, 0) is 8.85 Å². The molecular weight excluding hydrogens is 296 g/mol. The van der Waals surface area contributed by atoms with Crippen molar-refractivity contribution in [1.29, 1.82) is 0 Å². The largest absolute Gasteiger partial charge is 0.423 e. The van der Waals surface area contributed by atoms with Gasteiger partial charge < -0.3 is 13.6 Å². The Balaban J connectivity index is 2.24. The van der Waals surface area contributed by atoms with E-state index in [0.29, 0.717) is 24.5 Å². The molecule has 0 fully saturated rings. The molecule has 0 aliphatic heterocycles. The molecule has 22 heavy (non-hydrogen) atoms. The van der Waals surface area contributed by atoms with Crippen molar-refractivity contribution in [3.63, 3.8) is 0 Å². The quantitative estimate of drug-likeness (QED) is 0.447. The number of hydrogen-bond donors (Lipinski definition) is 0. The molecule has 0 N–H and O–H groups in total. The van der Waals surface area contributed by atoms with Crippen LogP contribution in [0, 0.1) is 0 Å². The number of carbonyl (C=O) groups is 1. The van der Waals surface area contributed by atoms with Gasteiger partial charge >= 0.3 is 15.3 Å². The minimum absolute atomic E-state index is 0.390. The molecule has 0 aliphatic carbocycles. The van der Waals surface area contributed by atoms with E-state index in [-0.39, 0.29) is 0 Å².